The minimum Gasteiger partial charge on any atom is -0.370 e. The number of carbonyl (C=O) groups excluding carboxylic acids is 1. The lowest BCUT2D eigenvalue weighted by Crippen LogP contribution is -2.39. The van der Waals surface area contributed by atoms with Gasteiger partial charge in [0.15, 0.2) is 5.96 Å². The van der Waals surface area contributed by atoms with Crippen LogP contribution in [0.3, 0.4) is 0 Å². The van der Waals surface area contributed by atoms with Crippen LogP contribution in [0.5, 0.6) is 0 Å². The Morgan fingerprint density at radius 2 is 1.55 bits per heavy atom. The SMILES string of the molecule is CC(C)(C)c1ccc(CN(CC2CCC(CN=C(N)N)CC2)C(=O)C2CCCC2)cc1. The molecule has 0 bridgehead atoms. The van der Waals surface area contributed by atoms with Crippen molar-refractivity contribution in [2.45, 2.75) is 84.1 Å². The molecule has 2 aliphatic carbocycles. The minimum atomic E-state index is 0.148. The lowest BCUT2D eigenvalue weighted by atomic mass is 9.81. The molecular formula is C26H42N4O. The molecule has 5 nitrogen and oxygen atoms in total. The zero-order chi connectivity index (χ0) is 22.4. The summed E-state index contributed by atoms with van der Waals surface area (Å²) in [5, 5.41) is 0. The van der Waals surface area contributed by atoms with Crippen molar-refractivity contribution >= 4 is 11.9 Å². The second-order valence-electron chi connectivity index (χ2n) is 10.8. The van der Waals surface area contributed by atoms with E-state index >= 15 is 0 Å². The van der Waals surface area contributed by atoms with Gasteiger partial charge in [0.2, 0.25) is 5.91 Å². The number of aliphatic imine (C=N–C) groups is 1. The first-order chi connectivity index (χ1) is 14.7. The molecule has 1 amide bonds. The fourth-order valence-electron chi connectivity index (χ4n) is 5.14. The number of hydrogen-bond donors (Lipinski definition) is 2. The van der Waals surface area contributed by atoms with Gasteiger partial charge in [0.25, 0.3) is 0 Å². The molecule has 0 radical (unpaired) electrons. The maximum absolute atomic E-state index is 13.4. The fourth-order valence-corrected chi connectivity index (χ4v) is 5.14. The molecule has 2 fully saturated rings. The molecule has 5 heteroatoms. The third kappa shape index (κ3) is 6.98. The first kappa shape index (κ1) is 23.6. The molecule has 3 rings (SSSR count). The van der Waals surface area contributed by atoms with E-state index in [9.17, 15) is 4.79 Å². The van der Waals surface area contributed by atoms with Gasteiger partial charge < -0.3 is 16.4 Å². The van der Waals surface area contributed by atoms with E-state index in [1.165, 1.54) is 24.0 Å². The summed E-state index contributed by atoms with van der Waals surface area (Å²) in [6.45, 7) is 9.06. The van der Waals surface area contributed by atoms with Crippen molar-refractivity contribution in [2.24, 2.45) is 34.2 Å². The van der Waals surface area contributed by atoms with Crippen molar-refractivity contribution in [3.8, 4) is 0 Å². The average Bonchev–Trinajstić information content (AvgIpc) is 3.27. The smallest absolute Gasteiger partial charge is 0.225 e. The summed E-state index contributed by atoms with van der Waals surface area (Å²) in [6, 6.07) is 8.87. The van der Waals surface area contributed by atoms with Crippen LogP contribution in [0.15, 0.2) is 29.3 Å². The number of nitrogens with two attached hydrogens (primary N) is 2. The highest BCUT2D eigenvalue weighted by molar-refractivity contribution is 5.79. The van der Waals surface area contributed by atoms with Gasteiger partial charge in [0, 0.05) is 25.6 Å². The van der Waals surface area contributed by atoms with Crippen molar-refractivity contribution in [2.75, 3.05) is 13.1 Å². The molecule has 0 aliphatic heterocycles. The van der Waals surface area contributed by atoms with Crippen LogP contribution in [0.2, 0.25) is 0 Å². The topological polar surface area (TPSA) is 84.7 Å². The van der Waals surface area contributed by atoms with E-state index in [1.807, 2.05) is 0 Å². The van der Waals surface area contributed by atoms with Crippen LogP contribution in [0.1, 0.15) is 83.3 Å². The van der Waals surface area contributed by atoms with Crippen LogP contribution in [0.4, 0.5) is 0 Å². The van der Waals surface area contributed by atoms with Crippen LogP contribution in [-0.4, -0.2) is 29.9 Å². The standard InChI is InChI=1S/C26H42N4O/c1-26(2,3)23-14-12-21(13-15-23)18-30(24(31)22-6-4-5-7-22)17-20-10-8-19(9-11-20)16-29-25(27)28/h12-15,19-20,22H,4-11,16-18H2,1-3H3,(H4,27,28,29). The van der Waals surface area contributed by atoms with Crippen LogP contribution < -0.4 is 11.5 Å². The maximum Gasteiger partial charge on any atom is 0.225 e. The predicted molar refractivity (Wildman–Crippen MR) is 129 cm³/mol. The summed E-state index contributed by atoms with van der Waals surface area (Å²) in [7, 11) is 0. The Morgan fingerprint density at radius 1 is 0.968 bits per heavy atom. The van der Waals surface area contributed by atoms with Crippen LogP contribution >= 0.6 is 0 Å². The Balaban J connectivity index is 1.63. The molecule has 172 valence electrons. The number of hydrogen-bond acceptors (Lipinski definition) is 2. The lowest BCUT2D eigenvalue weighted by Gasteiger charge is -2.34. The summed E-state index contributed by atoms with van der Waals surface area (Å²) in [5.41, 5.74) is 13.7. The van der Waals surface area contributed by atoms with Gasteiger partial charge in [-0.3, -0.25) is 9.79 Å². The van der Waals surface area contributed by atoms with Gasteiger partial charge in [-0.15, -0.1) is 0 Å². The summed E-state index contributed by atoms with van der Waals surface area (Å²) in [4.78, 5) is 19.7. The van der Waals surface area contributed by atoms with E-state index in [0.717, 1.165) is 58.2 Å². The summed E-state index contributed by atoms with van der Waals surface area (Å²) < 4.78 is 0. The number of rotatable bonds is 7. The van der Waals surface area contributed by atoms with Gasteiger partial charge in [-0.2, -0.15) is 0 Å². The largest absolute Gasteiger partial charge is 0.370 e. The molecule has 2 saturated carbocycles. The quantitative estimate of drug-likeness (QED) is 0.494. The van der Waals surface area contributed by atoms with Crippen LogP contribution in [-0.2, 0) is 16.8 Å². The molecule has 2 aliphatic rings. The number of guanidine groups is 1. The van der Waals surface area contributed by atoms with Gasteiger partial charge in [-0.25, -0.2) is 0 Å². The van der Waals surface area contributed by atoms with E-state index in [0.29, 0.717) is 17.7 Å². The second-order valence-corrected chi connectivity index (χ2v) is 10.8. The molecule has 0 aromatic heterocycles. The summed E-state index contributed by atoms with van der Waals surface area (Å²) >= 11 is 0. The molecule has 0 spiro atoms. The number of benzene rings is 1. The molecule has 1 aromatic rings. The third-order valence-corrected chi connectivity index (χ3v) is 7.19. The molecule has 31 heavy (non-hydrogen) atoms. The Kier molecular flexibility index (Phi) is 8.01. The van der Waals surface area contributed by atoms with Gasteiger partial charge in [0.1, 0.15) is 0 Å². The van der Waals surface area contributed by atoms with E-state index in [4.69, 9.17) is 11.5 Å². The molecule has 0 atom stereocenters. The van der Waals surface area contributed by atoms with E-state index < -0.39 is 0 Å². The van der Waals surface area contributed by atoms with E-state index in [1.54, 1.807) is 0 Å². The highest BCUT2D eigenvalue weighted by Crippen LogP contribution is 2.32. The number of amides is 1. The normalized spacial score (nSPS) is 22.3. The first-order valence-electron chi connectivity index (χ1n) is 12.2. The molecule has 0 heterocycles. The highest BCUT2D eigenvalue weighted by atomic mass is 16.2. The van der Waals surface area contributed by atoms with Crippen molar-refractivity contribution in [1.82, 2.24) is 4.90 Å². The van der Waals surface area contributed by atoms with Crippen molar-refractivity contribution in [1.29, 1.82) is 0 Å². The maximum atomic E-state index is 13.4. The molecular weight excluding hydrogens is 384 g/mol. The predicted octanol–water partition coefficient (Wildman–Crippen LogP) is 4.58. The fraction of sp³-hybridized carbons (Fsp3) is 0.692. The number of nitrogens with zero attached hydrogens (tertiary/aromatic N) is 2. The van der Waals surface area contributed by atoms with E-state index in [-0.39, 0.29) is 17.3 Å². The van der Waals surface area contributed by atoms with Crippen LogP contribution in [0, 0.1) is 17.8 Å². The number of carbonyl (C=O) groups is 1. The summed E-state index contributed by atoms with van der Waals surface area (Å²) in [6.07, 6.45) is 9.11. The first-order valence-corrected chi connectivity index (χ1v) is 12.2. The van der Waals surface area contributed by atoms with Crippen LogP contribution in [0.25, 0.3) is 0 Å². The summed E-state index contributed by atoms with van der Waals surface area (Å²) in [5.74, 6) is 1.94. The Bertz CT molecular complexity index is 732. The third-order valence-electron chi connectivity index (χ3n) is 7.19. The van der Waals surface area contributed by atoms with Crippen molar-refractivity contribution in [3.63, 3.8) is 0 Å². The van der Waals surface area contributed by atoms with Gasteiger partial charge in [0.05, 0.1) is 0 Å². The monoisotopic (exact) mass is 426 g/mol. The molecule has 0 saturated heterocycles. The van der Waals surface area contributed by atoms with Gasteiger partial charge >= 0.3 is 0 Å². The lowest BCUT2D eigenvalue weighted by molar-refractivity contribution is -0.136. The average molecular weight is 427 g/mol. The van der Waals surface area contributed by atoms with Gasteiger partial charge in [-0.1, -0.05) is 57.9 Å². The molecule has 0 unspecified atom stereocenters. The van der Waals surface area contributed by atoms with Gasteiger partial charge in [-0.05, 0) is 66.9 Å². The minimum absolute atomic E-state index is 0.148. The zero-order valence-electron chi connectivity index (χ0n) is 19.8. The van der Waals surface area contributed by atoms with Crippen molar-refractivity contribution in [3.05, 3.63) is 35.4 Å². The molecule has 1 aromatic carbocycles. The zero-order valence-corrected chi connectivity index (χ0v) is 19.8. The Hall–Kier alpha value is -2.04. The Morgan fingerprint density at radius 3 is 2.10 bits per heavy atom. The molecule has 4 N–H and O–H groups in total. The van der Waals surface area contributed by atoms with E-state index in [2.05, 4.69) is 54.9 Å². The van der Waals surface area contributed by atoms with Crippen molar-refractivity contribution < 1.29 is 4.79 Å². The highest BCUT2D eigenvalue weighted by Gasteiger charge is 2.30. The second kappa shape index (κ2) is 10.5. The Labute approximate surface area is 188 Å².